The highest BCUT2D eigenvalue weighted by Crippen LogP contribution is 2.33. The molecule has 0 radical (unpaired) electrons. The average Bonchev–Trinajstić information content (AvgIpc) is 2.64. The number of benzene rings is 2. The van der Waals surface area contributed by atoms with Crippen LogP contribution in [0.15, 0.2) is 42.5 Å². The third-order valence-electron chi connectivity index (χ3n) is 4.92. The van der Waals surface area contributed by atoms with Gasteiger partial charge in [-0.3, -0.25) is 0 Å². The molecule has 140 valence electrons. The number of phenols is 1. The summed E-state index contributed by atoms with van der Waals surface area (Å²) < 4.78 is 5.63. The number of hydrogen-bond donors (Lipinski definition) is 5. The van der Waals surface area contributed by atoms with Crippen LogP contribution in [-0.2, 0) is 11.2 Å². The molecule has 0 amide bonds. The maximum Gasteiger partial charge on any atom is 0.115 e. The summed E-state index contributed by atoms with van der Waals surface area (Å²) in [5.74, 6) is 0.209. The van der Waals surface area contributed by atoms with Gasteiger partial charge in [0.05, 0.1) is 6.61 Å². The van der Waals surface area contributed by atoms with Crippen molar-refractivity contribution in [3.8, 4) is 5.75 Å². The highest BCUT2D eigenvalue weighted by molar-refractivity contribution is 5.38. The summed E-state index contributed by atoms with van der Waals surface area (Å²) in [6.07, 6.45) is -5.19. The molecule has 1 aliphatic heterocycles. The molecule has 5 atom stereocenters. The zero-order valence-corrected chi connectivity index (χ0v) is 14.5. The van der Waals surface area contributed by atoms with E-state index in [-0.39, 0.29) is 5.75 Å². The van der Waals surface area contributed by atoms with Gasteiger partial charge in [0.1, 0.15) is 36.3 Å². The molecule has 5 N–H and O–H groups in total. The predicted molar refractivity (Wildman–Crippen MR) is 94.8 cm³/mol. The molecule has 6 heteroatoms. The quantitative estimate of drug-likeness (QED) is 0.552. The molecule has 2 aromatic rings. The smallest absolute Gasteiger partial charge is 0.115 e. The Hall–Kier alpha value is -1.96. The highest BCUT2D eigenvalue weighted by Gasteiger charge is 2.43. The minimum Gasteiger partial charge on any atom is -0.508 e. The molecule has 1 aliphatic rings. The van der Waals surface area contributed by atoms with Crippen LogP contribution in [-0.4, -0.2) is 56.6 Å². The highest BCUT2D eigenvalue weighted by atomic mass is 16.5. The minimum atomic E-state index is -1.40. The van der Waals surface area contributed by atoms with E-state index in [1.165, 1.54) is 0 Å². The largest absolute Gasteiger partial charge is 0.508 e. The summed E-state index contributed by atoms with van der Waals surface area (Å²) in [6, 6.07) is 12.6. The summed E-state index contributed by atoms with van der Waals surface area (Å²) >= 11 is 0. The maximum absolute atomic E-state index is 10.3. The van der Waals surface area contributed by atoms with Gasteiger partial charge in [-0.2, -0.15) is 0 Å². The number of aromatic hydroxyl groups is 1. The summed E-state index contributed by atoms with van der Waals surface area (Å²) in [7, 11) is 0. The second-order valence-corrected chi connectivity index (χ2v) is 6.78. The zero-order valence-electron chi connectivity index (χ0n) is 14.5. The van der Waals surface area contributed by atoms with Gasteiger partial charge in [0, 0.05) is 0 Å². The minimum absolute atomic E-state index is 0.209. The Bertz CT molecular complexity index is 742. The molecule has 1 unspecified atom stereocenters. The molecule has 0 aromatic heterocycles. The average molecular weight is 360 g/mol. The van der Waals surface area contributed by atoms with Crippen LogP contribution < -0.4 is 0 Å². The lowest BCUT2D eigenvalue weighted by molar-refractivity contribution is -0.231. The van der Waals surface area contributed by atoms with Gasteiger partial charge in [0.15, 0.2) is 0 Å². The summed E-state index contributed by atoms with van der Waals surface area (Å²) in [5.41, 5.74) is 3.77. The zero-order chi connectivity index (χ0) is 18.8. The predicted octanol–water partition coefficient (Wildman–Crippen LogP) is 0.806. The summed E-state index contributed by atoms with van der Waals surface area (Å²) in [5, 5.41) is 49.0. The fraction of sp³-hybridized carbons (Fsp3) is 0.400. The van der Waals surface area contributed by atoms with E-state index in [0.717, 1.165) is 16.7 Å². The number of aliphatic hydroxyl groups is 4. The van der Waals surface area contributed by atoms with Crippen LogP contribution >= 0.6 is 0 Å². The van der Waals surface area contributed by atoms with Crippen molar-refractivity contribution in [1.29, 1.82) is 0 Å². The first-order valence-corrected chi connectivity index (χ1v) is 8.58. The van der Waals surface area contributed by atoms with Gasteiger partial charge in [-0.25, -0.2) is 0 Å². The van der Waals surface area contributed by atoms with E-state index < -0.39 is 37.1 Å². The van der Waals surface area contributed by atoms with Crippen molar-refractivity contribution in [2.45, 2.75) is 43.9 Å². The molecule has 26 heavy (non-hydrogen) atoms. The Morgan fingerprint density at radius 3 is 2.27 bits per heavy atom. The van der Waals surface area contributed by atoms with Crippen molar-refractivity contribution >= 4 is 0 Å². The lowest BCUT2D eigenvalue weighted by Gasteiger charge is -2.40. The number of aryl methyl sites for hydroxylation is 1. The van der Waals surface area contributed by atoms with Gasteiger partial charge in [-0.15, -0.1) is 0 Å². The first-order valence-electron chi connectivity index (χ1n) is 8.58. The summed E-state index contributed by atoms with van der Waals surface area (Å²) in [4.78, 5) is 0. The molecule has 1 fully saturated rings. The van der Waals surface area contributed by atoms with Crippen molar-refractivity contribution in [1.82, 2.24) is 0 Å². The van der Waals surface area contributed by atoms with Crippen LogP contribution in [0.4, 0.5) is 0 Å². The molecule has 1 heterocycles. The molecular formula is C20H24O6. The van der Waals surface area contributed by atoms with Crippen LogP contribution in [0.2, 0.25) is 0 Å². The second-order valence-electron chi connectivity index (χ2n) is 6.78. The molecule has 6 nitrogen and oxygen atoms in total. The van der Waals surface area contributed by atoms with Crippen LogP contribution in [0.3, 0.4) is 0 Å². The molecule has 1 saturated heterocycles. The molecular weight excluding hydrogens is 336 g/mol. The Morgan fingerprint density at radius 2 is 1.62 bits per heavy atom. The van der Waals surface area contributed by atoms with E-state index in [9.17, 15) is 25.5 Å². The number of rotatable bonds is 4. The Labute approximate surface area is 151 Å². The topological polar surface area (TPSA) is 110 Å². The Morgan fingerprint density at radius 1 is 0.923 bits per heavy atom. The van der Waals surface area contributed by atoms with Gasteiger partial charge < -0.3 is 30.3 Å². The standard InChI is InChI=1S/C20H24O6/c1-11-2-5-13(9-14(11)8-12-3-6-15(22)7-4-12)20-19(25)18(24)17(23)16(10-21)26-20/h2-7,9,16-25H,8,10H2,1H3/t16-,17-,18+,19-,20?/m1/s1. The summed E-state index contributed by atoms with van der Waals surface area (Å²) in [6.45, 7) is 1.53. The van der Waals surface area contributed by atoms with E-state index in [1.54, 1.807) is 12.1 Å². The third-order valence-corrected chi connectivity index (χ3v) is 4.92. The Kier molecular flexibility index (Phi) is 5.60. The molecule has 0 bridgehead atoms. The number of aliphatic hydroxyl groups excluding tert-OH is 4. The van der Waals surface area contributed by atoms with E-state index in [4.69, 9.17) is 4.74 Å². The fourth-order valence-corrected chi connectivity index (χ4v) is 3.27. The van der Waals surface area contributed by atoms with Crippen molar-refractivity contribution in [3.63, 3.8) is 0 Å². The van der Waals surface area contributed by atoms with Gasteiger partial charge in [-0.1, -0.05) is 30.3 Å². The van der Waals surface area contributed by atoms with E-state index in [0.29, 0.717) is 12.0 Å². The first-order chi connectivity index (χ1) is 12.4. The molecule has 2 aromatic carbocycles. The van der Waals surface area contributed by atoms with Crippen molar-refractivity contribution in [2.75, 3.05) is 6.61 Å². The number of ether oxygens (including phenoxy) is 1. The fourth-order valence-electron chi connectivity index (χ4n) is 3.27. The molecule has 0 spiro atoms. The van der Waals surface area contributed by atoms with Crippen molar-refractivity contribution in [3.05, 3.63) is 64.7 Å². The number of phenolic OH excluding ortho intramolecular Hbond substituents is 1. The SMILES string of the molecule is Cc1ccc(C2O[C@H](CO)[C@@H](O)[C@H](O)[C@H]2O)cc1Cc1ccc(O)cc1. The van der Waals surface area contributed by atoms with Crippen LogP contribution in [0.1, 0.15) is 28.4 Å². The lowest BCUT2D eigenvalue weighted by atomic mass is 9.89. The van der Waals surface area contributed by atoms with Gasteiger partial charge in [0.2, 0.25) is 0 Å². The van der Waals surface area contributed by atoms with Crippen molar-refractivity contribution in [2.24, 2.45) is 0 Å². The van der Waals surface area contributed by atoms with Gasteiger partial charge >= 0.3 is 0 Å². The third kappa shape index (κ3) is 3.75. The molecule has 0 saturated carbocycles. The molecule has 3 rings (SSSR count). The monoisotopic (exact) mass is 360 g/mol. The lowest BCUT2D eigenvalue weighted by Crippen LogP contribution is -2.55. The van der Waals surface area contributed by atoms with E-state index in [1.807, 2.05) is 37.3 Å². The second kappa shape index (κ2) is 7.73. The maximum atomic E-state index is 10.3. The normalized spacial score (nSPS) is 28.9. The molecule has 0 aliphatic carbocycles. The van der Waals surface area contributed by atoms with Gasteiger partial charge in [-0.05, 0) is 47.7 Å². The first kappa shape index (κ1) is 18.8. The Balaban J connectivity index is 1.87. The number of hydrogen-bond acceptors (Lipinski definition) is 6. The van der Waals surface area contributed by atoms with E-state index >= 15 is 0 Å². The van der Waals surface area contributed by atoms with Crippen LogP contribution in [0.5, 0.6) is 5.75 Å². The van der Waals surface area contributed by atoms with Gasteiger partial charge in [0.25, 0.3) is 0 Å². The van der Waals surface area contributed by atoms with Crippen LogP contribution in [0, 0.1) is 6.92 Å². The van der Waals surface area contributed by atoms with Crippen molar-refractivity contribution < 1.29 is 30.3 Å². The van der Waals surface area contributed by atoms with E-state index in [2.05, 4.69) is 0 Å². The van der Waals surface area contributed by atoms with Crippen LogP contribution in [0.25, 0.3) is 0 Å².